The van der Waals surface area contributed by atoms with Crippen molar-refractivity contribution < 1.29 is 22.4 Å². The summed E-state index contributed by atoms with van der Waals surface area (Å²) in [6.07, 6.45) is 1.01. The van der Waals surface area contributed by atoms with Crippen molar-refractivity contribution in [3.05, 3.63) is 53.1 Å². The first-order valence-corrected chi connectivity index (χ1v) is 8.70. The van der Waals surface area contributed by atoms with E-state index in [1.165, 1.54) is 24.5 Å². The molecule has 1 amide bonds. The van der Waals surface area contributed by atoms with Gasteiger partial charge in [-0.15, -0.1) is 0 Å². The van der Waals surface area contributed by atoms with Crippen LogP contribution < -0.4 is 5.32 Å². The Hall–Kier alpha value is -2.72. The fraction of sp³-hybridized carbons (Fsp3) is 0.0588. The lowest BCUT2D eigenvalue weighted by Gasteiger charge is -2.07. The van der Waals surface area contributed by atoms with Crippen LogP contribution in [0.25, 0.3) is 28.2 Å². The molecule has 0 unspecified atom stereocenters. The lowest BCUT2D eigenvalue weighted by molar-refractivity contribution is -0.141. The molecule has 10 heteroatoms. The van der Waals surface area contributed by atoms with Gasteiger partial charge < -0.3 is 9.73 Å². The number of carbonyl (C=O) groups is 1. The number of hydrogen-bond acceptors (Lipinski definition) is 6. The zero-order chi connectivity index (χ0) is 19.2. The van der Waals surface area contributed by atoms with Crippen LogP contribution >= 0.6 is 24.0 Å². The van der Waals surface area contributed by atoms with Crippen molar-refractivity contribution in [3.8, 4) is 11.1 Å². The third kappa shape index (κ3) is 3.45. The number of fused-ring (bicyclic) bond motifs is 1. The Morgan fingerprint density at radius 3 is 2.78 bits per heavy atom. The van der Waals surface area contributed by atoms with E-state index in [0.29, 0.717) is 31.5 Å². The number of pyridine rings is 2. The van der Waals surface area contributed by atoms with Gasteiger partial charge in [0.2, 0.25) is 0 Å². The molecular formula is C17H8F3N3O2S2. The fourth-order valence-corrected chi connectivity index (χ4v) is 3.59. The Morgan fingerprint density at radius 2 is 2.07 bits per heavy atom. The Kier molecular flexibility index (Phi) is 4.23. The van der Waals surface area contributed by atoms with E-state index in [2.05, 4.69) is 15.3 Å². The molecule has 3 aromatic rings. The van der Waals surface area contributed by atoms with Crippen molar-refractivity contribution in [1.29, 1.82) is 0 Å². The minimum atomic E-state index is -4.55. The van der Waals surface area contributed by atoms with E-state index in [9.17, 15) is 18.0 Å². The summed E-state index contributed by atoms with van der Waals surface area (Å²) >= 11 is 6.04. The van der Waals surface area contributed by atoms with Crippen molar-refractivity contribution in [2.75, 3.05) is 0 Å². The van der Waals surface area contributed by atoms with Gasteiger partial charge in [0, 0.05) is 35.6 Å². The van der Waals surface area contributed by atoms with Gasteiger partial charge >= 0.3 is 6.18 Å². The number of carbonyl (C=O) groups excluding carboxylic acids is 1. The number of hydrogen-bond donors (Lipinski definition) is 1. The average Bonchev–Trinajstić information content (AvgIpc) is 3.16. The van der Waals surface area contributed by atoms with Gasteiger partial charge in [-0.3, -0.25) is 14.8 Å². The molecule has 0 spiro atoms. The predicted molar refractivity (Wildman–Crippen MR) is 98.6 cm³/mol. The number of rotatable bonds is 2. The van der Waals surface area contributed by atoms with E-state index in [-0.39, 0.29) is 11.5 Å². The Labute approximate surface area is 159 Å². The normalized spacial score (nSPS) is 16.3. The van der Waals surface area contributed by atoms with Crippen molar-refractivity contribution in [3.63, 3.8) is 0 Å². The highest BCUT2D eigenvalue weighted by molar-refractivity contribution is 8.26. The van der Waals surface area contributed by atoms with Crippen LogP contribution in [0.2, 0.25) is 0 Å². The Bertz CT molecular complexity index is 1120. The third-order valence-corrected chi connectivity index (χ3v) is 4.88. The van der Waals surface area contributed by atoms with Gasteiger partial charge in [-0.2, -0.15) is 13.2 Å². The molecule has 0 saturated carbocycles. The number of nitrogens with zero attached hydrogens (tertiary/aromatic N) is 2. The average molecular weight is 407 g/mol. The lowest BCUT2D eigenvalue weighted by Crippen LogP contribution is -2.17. The van der Waals surface area contributed by atoms with E-state index < -0.39 is 11.9 Å². The number of nitrogens with one attached hydrogen (secondary N) is 1. The van der Waals surface area contributed by atoms with Gasteiger partial charge in [0.05, 0.1) is 4.91 Å². The molecule has 0 aromatic carbocycles. The second kappa shape index (κ2) is 6.46. The molecule has 0 atom stereocenters. The summed E-state index contributed by atoms with van der Waals surface area (Å²) in [6, 6.07) is 4.04. The first-order valence-electron chi connectivity index (χ1n) is 7.47. The highest BCUT2D eigenvalue weighted by Crippen LogP contribution is 2.35. The molecule has 0 radical (unpaired) electrons. The van der Waals surface area contributed by atoms with Crippen molar-refractivity contribution in [1.82, 2.24) is 15.3 Å². The highest BCUT2D eigenvalue weighted by atomic mass is 32.2. The van der Waals surface area contributed by atoms with Crippen LogP contribution in [-0.2, 0) is 11.0 Å². The zero-order valence-electron chi connectivity index (χ0n) is 13.2. The molecule has 27 heavy (non-hydrogen) atoms. The second-order valence-corrected chi connectivity index (χ2v) is 7.25. The smallest absolute Gasteiger partial charge is 0.433 e. The zero-order valence-corrected chi connectivity index (χ0v) is 14.8. The largest absolute Gasteiger partial charge is 0.456 e. The minimum Gasteiger partial charge on any atom is -0.456 e. The monoisotopic (exact) mass is 407 g/mol. The summed E-state index contributed by atoms with van der Waals surface area (Å²) in [5.74, 6) is 0.0412. The van der Waals surface area contributed by atoms with E-state index in [0.717, 1.165) is 24.0 Å². The molecule has 0 aliphatic carbocycles. The molecular weight excluding hydrogens is 399 g/mol. The molecule has 1 aliphatic rings. The first kappa shape index (κ1) is 17.7. The van der Waals surface area contributed by atoms with Gasteiger partial charge in [0.15, 0.2) is 0 Å². The molecule has 1 aliphatic heterocycles. The van der Waals surface area contributed by atoms with Crippen molar-refractivity contribution in [2.45, 2.75) is 6.18 Å². The van der Waals surface area contributed by atoms with Crippen LogP contribution in [-0.4, -0.2) is 20.2 Å². The number of amides is 1. The summed E-state index contributed by atoms with van der Waals surface area (Å²) in [5, 5.41) is 3.09. The van der Waals surface area contributed by atoms with E-state index in [1.54, 1.807) is 6.07 Å². The van der Waals surface area contributed by atoms with Gasteiger partial charge in [-0.25, -0.2) is 0 Å². The van der Waals surface area contributed by atoms with Crippen LogP contribution in [0, 0.1) is 0 Å². The molecule has 0 bridgehead atoms. The van der Waals surface area contributed by atoms with E-state index in [1.807, 2.05) is 0 Å². The Balaban J connectivity index is 1.80. The maximum atomic E-state index is 12.9. The topological polar surface area (TPSA) is 68.0 Å². The van der Waals surface area contributed by atoms with Crippen LogP contribution in [0.15, 0.2) is 46.1 Å². The molecule has 1 fully saturated rings. The minimum absolute atomic E-state index is 0.276. The molecule has 4 heterocycles. The van der Waals surface area contributed by atoms with Gasteiger partial charge in [-0.1, -0.05) is 24.0 Å². The van der Waals surface area contributed by atoms with Crippen LogP contribution in [0.5, 0.6) is 0 Å². The molecule has 4 rings (SSSR count). The fourth-order valence-electron chi connectivity index (χ4n) is 2.56. The van der Waals surface area contributed by atoms with Crippen LogP contribution in [0.4, 0.5) is 13.2 Å². The summed E-state index contributed by atoms with van der Waals surface area (Å²) < 4.78 is 44.9. The Morgan fingerprint density at radius 1 is 1.26 bits per heavy atom. The molecule has 136 valence electrons. The maximum Gasteiger partial charge on any atom is 0.433 e. The highest BCUT2D eigenvalue weighted by Gasteiger charge is 2.32. The molecule has 5 nitrogen and oxygen atoms in total. The quantitative estimate of drug-likeness (QED) is 0.502. The summed E-state index contributed by atoms with van der Waals surface area (Å²) in [6.45, 7) is 0. The summed E-state index contributed by atoms with van der Waals surface area (Å²) in [7, 11) is 0. The third-order valence-electron chi connectivity index (χ3n) is 3.72. The van der Waals surface area contributed by atoms with E-state index in [4.69, 9.17) is 16.6 Å². The number of halogens is 3. The maximum absolute atomic E-state index is 12.9. The number of furan rings is 1. The summed E-state index contributed by atoms with van der Waals surface area (Å²) in [5.41, 5.74) is 0.0304. The number of aromatic nitrogens is 2. The summed E-state index contributed by atoms with van der Waals surface area (Å²) in [4.78, 5) is 19.6. The number of alkyl halides is 3. The van der Waals surface area contributed by atoms with E-state index >= 15 is 0 Å². The van der Waals surface area contributed by atoms with Gasteiger partial charge in [0.25, 0.3) is 5.91 Å². The molecule has 3 aromatic heterocycles. The second-order valence-electron chi connectivity index (χ2n) is 5.53. The SMILES string of the molecule is O=C1NC(=S)SC1=Cc1cc2cncc(-c3ccnc(C(F)(F)F)c3)c2o1. The molecule has 1 N–H and O–H groups in total. The number of thioether (sulfide) groups is 1. The molecule has 1 saturated heterocycles. The van der Waals surface area contributed by atoms with Gasteiger partial charge in [0.1, 0.15) is 21.4 Å². The van der Waals surface area contributed by atoms with Crippen molar-refractivity contribution >= 4 is 51.3 Å². The number of thiocarbonyl (C=S) groups is 1. The lowest BCUT2D eigenvalue weighted by atomic mass is 10.1. The first-order chi connectivity index (χ1) is 12.8. The standard InChI is InChI=1S/C17H8F3N3O2S2/c18-17(19,20)13-4-8(1-2-22-13)11-7-21-6-9-3-10(25-14(9)11)5-12-15(24)23-16(26)27-12/h1-7H,(H,23,24,26). The van der Waals surface area contributed by atoms with Crippen LogP contribution in [0.3, 0.4) is 0 Å². The predicted octanol–water partition coefficient (Wildman–Crippen LogP) is 4.40. The van der Waals surface area contributed by atoms with Crippen LogP contribution in [0.1, 0.15) is 11.5 Å². The van der Waals surface area contributed by atoms with Crippen molar-refractivity contribution in [2.24, 2.45) is 0 Å². The van der Waals surface area contributed by atoms with Gasteiger partial charge in [-0.05, 0) is 23.8 Å².